The highest BCUT2D eigenvalue weighted by Crippen LogP contribution is 2.08. The molecule has 0 aliphatic carbocycles. The van der Waals surface area contributed by atoms with Gasteiger partial charge in [0.05, 0.1) is 18.3 Å². The zero-order chi connectivity index (χ0) is 13.4. The molecule has 5 nitrogen and oxygen atoms in total. The summed E-state index contributed by atoms with van der Waals surface area (Å²) in [6.07, 6.45) is 4.81. The maximum Gasteiger partial charge on any atom is 0.214 e. The fourth-order valence-corrected chi connectivity index (χ4v) is 2.74. The third-order valence-corrected chi connectivity index (χ3v) is 4.53. The maximum absolute atomic E-state index is 12.0. The number of hydrogen-bond donors (Lipinski definition) is 1. The van der Waals surface area contributed by atoms with Gasteiger partial charge in [-0.25, -0.2) is 12.7 Å². The van der Waals surface area contributed by atoms with E-state index in [0.717, 1.165) is 25.1 Å². The Hall–Kier alpha value is -0.850. The average molecular weight is 274 g/mol. The molecule has 18 heavy (non-hydrogen) atoms. The lowest BCUT2D eigenvalue weighted by atomic mass is 10.3. The predicted molar refractivity (Wildman–Crippen MR) is 71.7 cm³/mol. The molecule has 1 heterocycles. The third-order valence-electron chi connectivity index (χ3n) is 2.64. The first-order valence-corrected chi connectivity index (χ1v) is 7.83. The van der Waals surface area contributed by atoms with Gasteiger partial charge in [-0.1, -0.05) is 6.92 Å². The lowest BCUT2D eigenvalue weighted by Gasteiger charge is -2.16. The van der Waals surface area contributed by atoms with Crippen LogP contribution in [0.2, 0.25) is 0 Å². The van der Waals surface area contributed by atoms with E-state index in [1.807, 2.05) is 0 Å². The van der Waals surface area contributed by atoms with Crippen molar-refractivity contribution in [3.8, 4) is 0 Å². The number of nitrogens with zero attached hydrogens (tertiary/aromatic N) is 1. The number of rotatable bonds is 9. The van der Waals surface area contributed by atoms with Gasteiger partial charge in [0.25, 0.3) is 0 Å². The van der Waals surface area contributed by atoms with Gasteiger partial charge in [0.15, 0.2) is 0 Å². The molecule has 0 saturated carbocycles. The minimum Gasteiger partial charge on any atom is -0.472 e. The molecule has 0 radical (unpaired) electrons. The van der Waals surface area contributed by atoms with Crippen molar-refractivity contribution in [1.82, 2.24) is 9.62 Å². The van der Waals surface area contributed by atoms with E-state index in [1.54, 1.807) is 25.6 Å². The molecule has 0 atom stereocenters. The van der Waals surface area contributed by atoms with Crippen LogP contribution in [0.3, 0.4) is 0 Å². The first-order valence-electron chi connectivity index (χ1n) is 6.22. The van der Waals surface area contributed by atoms with Crippen LogP contribution in [0.15, 0.2) is 23.0 Å². The van der Waals surface area contributed by atoms with Crippen molar-refractivity contribution in [2.45, 2.75) is 26.3 Å². The van der Waals surface area contributed by atoms with Crippen LogP contribution >= 0.6 is 0 Å². The number of sulfonamides is 1. The molecule has 1 aromatic heterocycles. The predicted octanol–water partition coefficient (Wildman–Crippen LogP) is 1.43. The lowest BCUT2D eigenvalue weighted by molar-refractivity contribution is 0.461. The zero-order valence-electron chi connectivity index (χ0n) is 11.1. The van der Waals surface area contributed by atoms with E-state index >= 15 is 0 Å². The summed E-state index contributed by atoms with van der Waals surface area (Å²) in [4.78, 5) is 0. The molecule has 6 heteroatoms. The Kier molecular flexibility index (Phi) is 6.38. The smallest absolute Gasteiger partial charge is 0.214 e. The number of hydrogen-bond acceptors (Lipinski definition) is 4. The molecule has 0 unspecified atom stereocenters. The van der Waals surface area contributed by atoms with E-state index in [0.29, 0.717) is 13.0 Å². The third kappa shape index (κ3) is 5.20. The normalized spacial score (nSPS) is 12.2. The van der Waals surface area contributed by atoms with E-state index in [9.17, 15) is 8.42 Å². The van der Waals surface area contributed by atoms with Crippen LogP contribution in [0.1, 0.15) is 25.3 Å². The zero-order valence-corrected chi connectivity index (χ0v) is 11.9. The minimum absolute atomic E-state index is 0.179. The Morgan fingerprint density at radius 2 is 2.17 bits per heavy atom. The molecule has 1 aromatic rings. The van der Waals surface area contributed by atoms with Gasteiger partial charge in [-0.2, -0.15) is 0 Å². The first-order chi connectivity index (χ1) is 8.56. The molecule has 0 amide bonds. The van der Waals surface area contributed by atoms with Crippen LogP contribution in [0.4, 0.5) is 0 Å². The molecular formula is C12H22N2O3S. The SMILES string of the molecule is CCCNCCCS(=O)(=O)N(C)Cc1ccoc1. The molecule has 1 rings (SSSR count). The molecule has 0 aliphatic heterocycles. The van der Waals surface area contributed by atoms with Crippen molar-refractivity contribution >= 4 is 10.0 Å². The van der Waals surface area contributed by atoms with E-state index in [4.69, 9.17) is 4.42 Å². The fourth-order valence-electron chi connectivity index (χ4n) is 1.58. The van der Waals surface area contributed by atoms with Gasteiger partial charge in [0, 0.05) is 19.2 Å². The fraction of sp³-hybridized carbons (Fsp3) is 0.667. The summed E-state index contributed by atoms with van der Waals surface area (Å²) in [6, 6.07) is 1.77. The van der Waals surface area contributed by atoms with Gasteiger partial charge >= 0.3 is 0 Å². The van der Waals surface area contributed by atoms with Crippen molar-refractivity contribution in [3.05, 3.63) is 24.2 Å². The standard InChI is InChI=1S/C12H22N2O3S/c1-3-6-13-7-4-9-18(15,16)14(2)10-12-5-8-17-11-12/h5,8,11,13H,3-4,6-7,9-10H2,1-2H3. The van der Waals surface area contributed by atoms with Crippen LogP contribution in [0, 0.1) is 0 Å². The molecular weight excluding hydrogens is 252 g/mol. The van der Waals surface area contributed by atoms with Crippen molar-refractivity contribution < 1.29 is 12.8 Å². The second-order valence-corrected chi connectivity index (χ2v) is 6.50. The Morgan fingerprint density at radius 3 is 2.78 bits per heavy atom. The molecule has 0 spiro atoms. The number of nitrogens with one attached hydrogen (secondary N) is 1. The van der Waals surface area contributed by atoms with E-state index in [2.05, 4.69) is 12.2 Å². The topological polar surface area (TPSA) is 62.6 Å². The van der Waals surface area contributed by atoms with Crippen molar-refractivity contribution in [1.29, 1.82) is 0 Å². The van der Waals surface area contributed by atoms with Gasteiger partial charge in [-0.05, 0) is 32.0 Å². The Balaban J connectivity index is 2.33. The lowest BCUT2D eigenvalue weighted by Crippen LogP contribution is -2.30. The highest BCUT2D eigenvalue weighted by molar-refractivity contribution is 7.89. The summed E-state index contributed by atoms with van der Waals surface area (Å²) in [5.74, 6) is 0.179. The Morgan fingerprint density at radius 1 is 1.39 bits per heavy atom. The summed E-state index contributed by atoms with van der Waals surface area (Å²) in [5.41, 5.74) is 0.866. The summed E-state index contributed by atoms with van der Waals surface area (Å²) < 4.78 is 30.2. The van der Waals surface area contributed by atoms with E-state index in [-0.39, 0.29) is 5.75 Å². The van der Waals surface area contributed by atoms with Crippen LogP contribution < -0.4 is 5.32 Å². The van der Waals surface area contributed by atoms with E-state index < -0.39 is 10.0 Å². The van der Waals surface area contributed by atoms with E-state index in [1.165, 1.54) is 4.31 Å². The second kappa shape index (κ2) is 7.56. The van der Waals surface area contributed by atoms with Gasteiger partial charge in [-0.3, -0.25) is 0 Å². The average Bonchev–Trinajstić information content (AvgIpc) is 2.81. The number of furan rings is 1. The molecule has 1 N–H and O–H groups in total. The van der Waals surface area contributed by atoms with Gasteiger partial charge in [0.2, 0.25) is 10.0 Å². The molecule has 0 aromatic carbocycles. The molecule has 104 valence electrons. The minimum atomic E-state index is -3.17. The van der Waals surface area contributed by atoms with Crippen molar-refractivity contribution in [3.63, 3.8) is 0 Å². The van der Waals surface area contributed by atoms with Crippen LogP contribution in [0.5, 0.6) is 0 Å². The first kappa shape index (κ1) is 15.2. The summed E-state index contributed by atoms with van der Waals surface area (Å²) >= 11 is 0. The molecule has 0 bridgehead atoms. The molecule has 0 aliphatic rings. The Labute approximate surface area is 109 Å². The van der Waals surface area contributed by atoms with Gasteiger partial charge < -0.3 is 9.73 Å². The molecule has 0 saturated heterocycles. The van der Waals surface area contributed by atoms with Gasteiger partial charge in [-0.15, -0.1) is 0 Å². The van der Waals surface area contributed by atoms with Crippen LogP contribution in [0.25, 0.3) is 0 Å². The quantitative estimate of drug-likeness (QED) is 0.692. The molecule has 0 fully saturated rings. The largest absolute Gasteiger partial charge is 0.472 e. The second-order valence-electron chi connectivity index (χ2n) is 4.31. The van der Waals surface area contributed by atoms with Gasteiger partial charge in [0.1, 0.15) is 0 Å². The summed E-state index contributed by atoms with van der Waals surface area (Å²) in [5, 5.41) is 3.19. The maximum atomic E-state index is 12.0. The monoisotopic (exact) mass is 274 g/mol. The van der Waals surface area contributed by atoms with Crippen LogP contribution in [-0.2, 0) is 16.6 Å². The highest BCUT2D eigenvalue weighted by atomic mass is 32.2. The highest BCUT2D eigenvalue weighted by Gasteiger charge is 2.17. The Bertz CT molecular complexity index is 415. The van der Waals surface area contributed by atoms with Crippen LogP contribution in [-0.4, -0.2) is 38.6 Å². The van der Waals surface area contributed by atoms with Crippen molar-refractivity contribution in [2.75, 3.05) is 25.9 Å². The summed E-state index contributed by atoms with van der Waals surface area (Å²) in [6.45, 7) is 4.13. The summed E-state index contributed by atoms with van der Waals surface area (Å²) in [7, 11) is -1.57. The van der Waals surface area contributed by atoms with Crippen molar-refractivity contribution in [2.24, 2.45) is 0 Å².